The summed E-state index contributed by atoms with van der Waals surface area (Å²) in [5, 5.41) is 1.72. The molecule has 0 saturated heterocycles. The summed E-state index contributed by atoms with van der Waals surface area (Å²) in [6.45, 7) is 19.1. The summed E-state index contributed by atoms with van der Waals surface area (Å²) in [6.07, 6.45) is 6.19. The average molecular weight is 369 g/mol. The number of hydrogen-bond acceptors (Lipinski definition) is 3. The summed E-state index contributed by atoms with van der Waals surface area (Å²) in [4.78, 5) is 12.0. The van der Waals surface area contributed by atoms with E-state index in [0.717, 1.165) is 18.4 Å². The third kappa shape index (κ3) is 5.71. The van der Waals surface area contributed by atoms with Crippen LogP contribution in [0.4, 0.5) is 0 Å². The van der Waals surface area contributed by atoms with E-state index in [-0.39, 0.29) is 16.9 Å². The topological polar surface area (TPSA) is 35.5 Å². The highest BCUT2D eigenvalue weighted by Crippen LogP contribution is 2.37. The smallest absolute Gasteiger partial charge is 0.333 e. The molecule has 1 aliphatic rings. The zero-order valence-corrected chi connectivity index (χ0v) is 19.1. The van der Waals surface area contributed by atoms with E-state index in [0.29, 0.717) is 6.61 Å². The molecule has 0 bridgehead atoms. The highest BCUT2D eigenvalue weighted by Gasteiger charge is 2.37. The number of carbonyl (C=O) groups is 1. The number of ether oxygens (including phenoxy) is 1. The minimum atomic E-state index is -1.79. The summed E-state index contributed by atoms with van der Waals surface area (Å²) in [7, 11) is -1.72. The molecule has 1 atom stereocenters. The number of rotatable bonds is 5. The van der Waals surface area contributed by atoms with E-state index in [9.17, 15) is 4.79 Å². The fraction of sp³-hybridized carbons (Fsp3) is 0.737. The van der Waals surface area contributed by atoms with Crippen LogP contribution in [0.1, 0.15) is 33.6 Å². The van der Waals surface area contributed by atoms with Crippen LogP contribution in [0.5, 0.6) is 0 Å². The lowest BCUT2D eigenvalue weighted by Gasteiger charge is -2.37. The molecule has 0 heterocycles. The molecule has 0 spiro atoms. The molecule has 1 rings (SSSR count). The van der Waals surface area contributed by atoms with Crippen molar-refractivity contribution in [3.05, 3.63) is 22.9 Å². The molecule has 1 unspecified atom stereocenters. The Morgan fingerprint density at radius 2 is 1.71 bits per heavy atom. The number of methoxy groups -OCH3 is 1. The van der Waals surface area contributed by atoms with Gasteiger partial charge in [0.2, 0.25) is 0 Å². The van der Waals surface area contributed by atoms with Crippen molar-refractivity contribution >= 4 is 22.4 Å². The monoisotopic (exact) mass is 368 g/mol. The Kier molecular flexibility index (Phi) is 6.87. The van der Waals surface area contributed by atoms with Crippen molar-refractivity contribution in [2.75, 3.05) is 13.7 Å². The maximum absolute atomic E-state index is 12.0. The van der Waals surface area contributed by atoms with E-state index in [1.54, 1.807) is 0 Å². The minimum absolute atomic E-state index is 0.164. The first-order chi connectivity index (χ1) is 10.8. The normalized spacial score (nSPS) is 20.1. The quantitative estimate of drug-likeness (QED) is 0.486. The molecule has 1 aliphatic carbocycles. The molecule has 0 aromatic carbocycles. The van der Waals surface area contributed by atoms with Crippen molar-refractivity contribution in [1.29, 1.82) is 0 Å². The average Bonchev–Trinajstić information content (AvgIpc) is 2.65. The summed E-state index contributed by atoms with van der Waals surface area (Å²) in [6, 6.07) is 0. The largest absolute Gasteiger partial charge is 0.466 e. The van der Waals surface area contributed by atoms with Crippen molar-refractivity contribution < 1.29 is 14.0 Å². The molecular formula is C19H36O3Si2. The Labute approximate surface area is 150 Å². The van der Waals surface area contributed by atoms with Gasteiger partial charge in [0.1, 0.15) is 0 Å². The Morgan fingerprint density at radius 1 is 1.12 bits per heavy atom. The van der Waals surface area contributed by atoms with Crippen molar-refractivity contribution in [3.8, 4) is 0 Å². The molecule has 0 amide bonds. The van der Waals surface area contributed by atoms with E-state index in [2.05, 4.69) is 65.7 Å². The SMILES string of the molecule is COC(=O)C1=CC(CO[Si](C)(C)C(C)(C)C)C=C([Si](C)(C)C)CC1. The van der Waals surface area contributed by atoms with Gasteiger partial charge in [-0.3, -0.25) is 0 Å². The Hall–Kier alpha value is -0.656. The molecule has 0 N–H and O–H groups in total. The fourth-order valence-corrected chi connectivity index (χ4v) is 5.18. The molecule has 0 aromatic rings. The molecular weight excluding hydrogens is 332 g/mol. The van der Waals surface area contributed by atoms with E-state index in [1.807, 2.05) is 0 Å². The second-order valence-corrected chi connectivity index (χ2v) is 19.3. The predicted molar refractivity (Wildman–Crippen MR) is 107 cm³/mol. The predicted octanol–water partition coefficient (Wildman–Crippen LogP) is 5.32. The van der Waals surface area contributed by atoms with Crippen LogP contribution in [-0.4, -0.2) is 36.1 Å². The number of hydrogen-bond donors (Lipinski definition) is 0. The van der Waals surface area contributed by atoms with Crippen molar-refractivity contribution in [2.24, 2.45) is 5.92 Å². The summed E-state index contributed by atoms with van der Waals surface area (Å²) in [5.74, 6) is -0.0324. The minimum Gasteiger partial charge on any atom is -0.466 e. The van der Waals surface area contributed by atoms with Crippen LogP contribution < -0.4 is 0 Å². The molecule has 5 heteroatoms. The molecule has 0 aromatic heterocycles. The maximum atomic E-state index is 12.0. The van der Waals surface area contributed by atoms with Gasteiger partial charge in [0, 0.05) is 18.1 Å². The highest BCUT2D eigenvalue weighted by molar-refractivity contribution is 6.83. The van der Waals surface area contributed by atoms with Crippen LogP contribution in [0.3, 0.4) is 0 Å². The van der Waals surface area contributed by atoms with E-state index in [1.165, 1.54) is 12.3 Å². The zero-order chi connectivity index (χ0) is 18.8. The lowest BCUT2D eigenvalue weighted by atomic mass is 10.1. The van der Waals surface area contributed by atoms with Gasteiger partial charge < -0.3 is 9.16 Å². The Balaban J connectivity index is 3.03. The number of allylic oxidation sites excluding steroid dienone is 1. The lowest BCUT2D eigenvalue weighted by Crippen LogP contribution is -2.41. The van der Waals surface area contributed by atoms with Gasteiger partial charge in [-0.05, 0) is 31.0 Å². The van der Waals surface area contributed by atoms with Gasteiger partial charge in [0.15, 0.2) is 8.32 Å². The second kappa shape index (κ2) is 7.71. The molecule has 0 aliphatic heterocycles. The Bertz CT molecular complexity index is 520. The third-order valence-corrected chi connectivity index (χ3v) is 12.2. The van der Waals surface area contributed by atoms with Crippen LogP contribution in [0.2, 0.25) is 37.8 Å². The van der Waals surface area contributed by atoms with Gasteiger partial charge in [-0.15, -0.1) is 0 Å². The fourth-order valence-electron chi connectivity index (χ4n) is 2.54. The van der Waals surface area contributed by atoms with Gasteiger partial charge in [-0.25, -0.2) is 4.79 Å². The highest BCUT2D eigenvalue weighted by atomic mass is 28.4. The molecule has 3 nitrogen and oxygen atoms in total. The Morgan fingerprint density at radius 3 is 2.17 bits per heavy atom. The van der Waals surface area contributed by atoms with Crippen molar-refractivity contribution in [2.45, 2.75) is 71.4 Å². The van der Waals surface area contributed by atoms with E-state index >= 15 is 0 Å². The van der Waals surface area contributed by atoms with Crippen LogP contribution >= 0.6 is 0 Å². The summed E-state index contributed by atoms with van der Waals surface area (Å²) < 4.78 is 11.4. The standard InChI is InChI=1S/C19H36O3Si2/c1-19(2,3)24(8,9)22-14-15-12-16(18(20)21-4)10-11-17(13-15)23(5,6)7/h12-13,15H,10-11,14H2,1-9H3. The van der Waals surface area contributed by atoms with Crippen LogP contribution in [-0.2, 0) is 14.0 Å². The van der Waals surface area contributed by atoms with Crippen LogP contribution in [0, 0.1) is 5.92 Å². The molecule has 24 heavy (non-hydrogen) atoms. The number of esters is 1. The molecule has 0 saturated carbocycles. The van der Waals surface area contributed by atoms with E-state index < -0.39 is 16.4 Å². The maximum Gasteiger partial charge on any atom is 0.333 e. The van der Waals surface area contributed by atoms with Crippen molar-refractivity contribution in [1.82, 2.24) is 0 Å². The molecule has 0 radical (unpaired) electrons. The van der Waals surface area contributed by atoms with Gasteiger partial charge in [0.05, 0.1) is 15.2 Å². The lowest BCUT2D eigenvalue weighted by molar-refractivity contribution is -0.136. The van der Waals surface area contributed by atoms with Gasteiger partial charge in [-0.1, -0.05) is 57.8 Å². The molecule has 0 fully saturated rings. The zero-order valence-electron chi connectivity index (χ0n) is 17.1. The van der Waals surface area contributed by atoms with E-state index in [4.69, 9.17) is 9.16 Å². The summed E-state index contributed by atoms with van der Waals surface area (Å²) >= 11 is 0. The van der Waals surface area contributed by atoms with Crippen LogP contribution in [0.25, 0.3) is 0 Å². The van der Waals surface area contributed by atoms with Gasteiger partial charge >= 0.3 is 5.97 Å². The summed E-state index contributed by atoms with van der Waals surface area (Å²) in [5.41, 5.74) is 0.797. The second-order valence-electron chi connectivity index (χ2n) is 9.36. The first-order valence-corrected chi connectivity index (χ1v) is 15.3. The first kappa shape index (κ1) is 21.4. The first-order valence-electron chi connectivity index (χ1n) is 8.92. The van der Waals surface area contributed by atoms with Crippen LogP contribution in [0.15, 0.2) is 22.9 Å². The number of carbonyl (C=O) groups excluding carboxylic acids is 1. The van der Waals surface area contributed by atoms with Gasteiger partial charge in [-0.2, -0.15) is 0 Å². The van der Waals surface area contributed by atoms with Gasteiger partial charge in [0.25, 0.3) is 0 Å². The molecule has 138 valence electrons. The van der Waals surface area contributed by atoms with Crippen molar-refractivity contribution in [3.63, 3.8) is 0 Å². The third-order valence-electron chi connectivity index (χ3n) is 5.35.